The molecule has 0 aromatic heterocycles. The van der Waals surface area contributed by atoms with E-state index in [1.54, 1.807) is 19.2 Å². The molecule has 4 aromatic carbocycles. The van der Waals surface area contributed by atoms with Crippen LogP contribution >= 0.6 is 12.4 Å². The summed E-state index contributed by atoms with van der Waals surface area (Å²) in [6.07, 6.45) is -3.49. The number of rotatable bonds is 7. The Morgan fingerprint density at radius 2 is 1.57 bits per heavy atom. The van der Waals surface area contributed by atoms with Gasteiger partial charge in [-0.25, -0.2) is 0 Å². The molecule has 0 spiro atoms. The van der Waals surface area contributed by atoms with E-state index in [4.69, 9.17) is 4.74 Å². The first-order valence-electron chi connectivity index (χ1n) is 11.4. The molecule has 0 aliphatic heterocycles. The highest BCUT2D eigenvalue weighted by molar-refractivity contribution is 5.97. The molecule has 0 aliphatic carbocycles. The van der Waals surface area contributed by atoms with Gasteiger partial charge < -0.3 is 10.1 Å². The average Bonchev–Trinajstić information content (AvgIpc) is 2.86. The summed E-state index contributed by atoms with van der Waals surface area (Å²) in [4.78, 5) is 0. The summed E-state index contributed by atoms with van der Waals surface area (Å²) in [5.41, 5.74) is 3.28. The molecular formula is C29H29ClF3NO. The zero-order valence-electron chi connectivity index (χ0n) is 19.9. The third kappa shape index (κ3) is 5.98. The largest absolute Gasteiger partial charge is 0.497 e. The third-order valence-electron chi connectivity index (χ3n) is 6.26. The highest BCUT2D eigenvalue weighted by Crippen LogP contribution is 2.36. The third-order valence-corrected chi connectivity index (χ3v) is 6.26. The van der Waals surface area contributed by atoms with Crippen LogP contribution in [0.3, 0.4) is 0 Å². The van der Waals surface area contributed by atoms with E-state index in [1.165, 1.54) is 0 Å². The Hall–Kier alpha value is -3.02. The van der Waals surface area contributed by atoms with Crippen molar-refractivity contribution >= 4 is 23.2 Å². The van der Waals surface area contributed by atoms with Crippen LogP contribution in [0.2, 0.25) is 0 Å². The van der Waals surface area contributed by atoms with Crippen LogP contribution in [-0.4, -0.2) is 7.11 Å². The first kappa shape index (κ1) is 26.6. The quantitative estimate of drug-likeness (QED) is 0.274. The molecule has 0 aliphatic rings. The smallest absolute Gasteiger partial charge is 0.416 e. The second kappa shape index (κ2) is 11.1. The summed E-state index contributed by atoms with van der Waals surface area (Å²) in [5.74, 6) is 0.814. The fourth-order valence-electron chi connectivity index (χ4n) is 4.37. The van der Waals surface area contributed by atoms with Crippen molar-refractivity contribution in [2.45, 2.75) is 38.5 Å². The van der Waals surface area contributed by atoms with Gasteiger partial charge in [0, 0.05) is 12.1 Å². The number of methoxy groups -OCH3 is 1. The van der Waals surface area contributed by atoms with Crippen LogP contribution in [0.25, 0.3) is 21.9 Å². The van der Waals surface area contributed by atoms with Gasteiger partial charge in [0.05, 0.1) is 12.7 Å². The number of benzene rings is 4. The number of halogens is 4. The number of hydrogen-bond donors (Lipinski definition) is 1. The molecule has 6 heteroatoms. The summed E-state index contributed by atoms with van der Waals surface area (Å²) in [7, 11) is 1.66. The van der Waals surface area contributed by atoms with Crippen molar-refractivity contribution in [3.63, 3.8) is 0 Å². The van der Waals surface area contributed by atoms with E-state index in [9.17, 15) is 13.2 Å². The fraction of sp³-hybridized carbons (Fsp3) is 0.241. The van der Waals surface area contributed by atoms with Crippen molar-refractivity contribution in [1.82, 2.24) is 5.32 Å². The maximum absolute atomic E-state index is 13.1. The Morgan fingerprint density at radius 3 is 2.23 bits per heavy atom. The number of alkyl halides is 3. The van der Waals surface area contributed by atoms with E-state index in [0.29, 0.717) is 0 Å². The van der Waals surface area contributed by atoms with Gasteiger partial charge in [-0.05, 0) is 82.8 Å². The maximum atomic E-state index is 13.1. The molecule has 0 saturated carbocycles. The van der Waals surface area contributed by atoms with Crippen molar-refractivity contribution in [1.29, 1.82) is 0 Å². The molecule has 0 amide bonds. The SMILES string of the molecule is CCC(NC(C)c1cccc(OC)c1)c1cc(-c2ccc(C(F)(F)F)cc2)c2ccccc2c1.Cl. The van der Waals surface area contributed by atoms with Crippen LogP contribution in [0.5, 0.6) is 5.75 Å². The van der Waals surface area contributed by atoms with Crippen LogP contribution in [0, 0.1) is 0 Å². The molecule has 0 fully saturated rings. The van der Waals surface area contributed by atoms with Crippen LogP contribution in [-0.2, 0) is 6.18 Å². The first-order valence-corrected chi connectivity index (χ1v) is 11.4. The molecule has 4 rings (SSSR count). The van der Waals surface area contributed by atoms with Crippen LogP contribution in [0.4, 0.5) is 13.2 Å². The summed E-state index contributed by atoms with van der Waals surface area (Å²) >= 11 is 0. The van der Waals surface area contributed by atoms with Crippen molar-refractivity contribution in [3.8, 4) is 16.9 Å². The predicted octanol–water partition coefficient (Wildman–Crippen LogP) is 8.76. The topological polar surface area (TPSA) is 21.3 Å². The van der Waals surface area contributed by atoms with Gasteiger partial charge in [-0.1, -0.05) is 55.5 Å². The van der Waals surface area contributed by atoms with E-state index in [2.05, 4.69) is 37.4 Å². The number of hydrogen-bond acceptors (Lipinski definition) is 2. The Bertz CT molecular complexity index is 1270. The lowest BCUT2D eigenvalue weighted by Crippen LogP contribution is -2.24. The Morgan fingerprint density at radius 1 is 0.857 bits per heavy atom. The maximum Gasteiger partial charge on any atom is 0.416 e. The summed E-state index contributed by atoms with van der Waals surface area (Å²) in [6.45, 7) is 4.25. The van der Waals surface area contributed by atoms with Gasteiger partial charge in [0.1, 0.15) is 5.75 Å². The van der Waals surface area contributed by atoms with Crippen molar-refractivity contribution in [2.24, 2.45) is 0 Å². The zero-order chi connectivity index (χ0) is 24.3. The van der Waals surface area contributed by atoms with Crippen molar-refractivity contribution < 1.29 is 17.9 Å². The van der Waals surface area contributed by atoms with Gasteiger partial charge >= 0.3 is 6.18 Å². The minimum absolute atomic E-state index is 0. The van der Waals surface area contributed by atoms with Crippen LogP contribution < -0.4 is 10.1 Å². The standard InChI is InChI=1S/C29H28F3NO.ClH/c1-4-28(33-19(2)21-9-7-10-25(17-21)34-3)23-16-22-8-5-6-11-26(22)27(18-23)20-12-14-24(15-13-20)29(30,31)32;/h5-19,28,33H,4H2,1-3H3;1H. The lowest BCUT2D eigenvalue weighted by Gasteiger charge is -2.24. The highest BCUT2D eigenvalue weighted by atomic mass is 35.5. The van der Waals surface area contributed by atoms with Gasteiger partial charge in [0.2, 0.25) is 0 Å². The second-order valence-corrected chi connectivity index (χ2v) is 8.49. The summed E-state index contributed by atoms with van der Waals surface area (Å²) in [5, 5.41) is 5.79. The van der Waals surface area contributed by atoms with E-state index >= 15 is 0 Å². The monoisotopic (exact) mass is 499 g/mol. The van der Waals surface area contributed by atoms with Gasteiger partial charge in [-0.3, -0.25) is 0 Å². The first-order chi connectivity index (χ1) is 16.3. The molecule has 2 atom stereocenters. The van der Waals surface area contributed by atoms with Gasteiger partial charge in [-0.2, -0.15) is 13.2 Å². The second-order valence-electron chi connectivity index (χ2n) is 8.49. The average molecular weight is 500 g/mol. The number of nitrogens with one attached hydrogen (secondary N) is 1. The predicted molar refractivity (Wildman–Crippen MR) is 139 cm³/mol. The molecule has 184 valence electrons. The van der Waals surface area contributed by atoms with E-state index in [0.717, 1.165) is 57.3 Å². The zero-order valence-corrected chi connectivity index (χ0v) is 20.7. The Labute approximate surface area is 210 Å². The lowest BCUT2D eigenvalue weighted by molar-refractivity contribution is -0.137. The highest BCUT2D eigenvalue weighted by Gasteiger charge is 2.30. The molecule has 0 radical (unpaired) electrons. The number of ether oxygens (including phenoxy) is 1. The van der Waals surface area contributed by atoms with Crippen LogP contribution in [0.1, 0.15) is 49.0 Å². The number of fused-ring (bicyclic) bond motifs is 1. The van der Waals surface area contributed by atoms with Gasteiger partial charge in [0.15, 0.2) is 0 Å². The van der Waals surface area contributed by atoms with Crippen molar-refractivity contribution in [2.75, 3.05) is 7.11 Å². The van der Waals surface area contributed by atoms with E-state index in [-0.39, 0.29) is 24.5 Å². The molecule has 35 heavy (non-hydrogen) atoms. The molecule has 0 bridgehead atoms. The fourth-order valence-corrected chi connectivity index (χ4v) is 4.37. The molecule has 2 unspecified atom stereocenters. The Balaban J connectivity index is 0.00000342. The summed E-state index contributed by atoms with van der Waals surface area (Å²) < 4.78 is 44.6. The van der Waals surface area contributed by atoms with Crippen LogP contribution in [0.15, 0.2) is 84.9 Å². The Kier molecular flexibility index (Phi) is 8.47. The van der Waals surface area contributed by atoms with Gasteiger partial charge in [0.25, 0.3) is 0 Å². The van der Waals surface area contributed by atoms with E-state index in [1.807, 2.05) is 42.5 Å². The van der Waals surface area contributed by atoms with Gasteiger partial charge in [-0.15, -0.1) is 12.4 Å². The lowest BCUT2D eigenvalue weighted by atomic mass is 9.91. The van der Waals surface area contributed by atoms with E-state index < -0.39 is 11.7 Å². The molecule has 4 aromatic rings. The molecule has 0 saturated heterocycles. The molecule has 0 heterocycles. The normalized spacial score (nSPS) is 13.2. The molecule has 1 N–H and O–H groups in total. The minimum Gasteiger partial charge on any atom is -0.497 e. The van der Waals surface area contributed by atoms with Crippen molar-refractivity contribution in [3.05, 3.63) is 102 Å². The summed E-state index contributed by atoms with van der Waals surface area (Å²) in [6, 6.07) is 25.8. The molecular weight excluding hydrogens is 471 g/mol. The minimum atomic E-state index is -4.35. The molecule has 2 nitrogen and oxygen atoms in total.